The number of halogens is 1. The quantitative estimate of drug-likeness (QED) is 0.618. The number of hydrogen-bond donors (Lipinski definition) is 2. The molecule has 56 valence electrons. The SMILES string of the molecule is CC(=O)OBr.OCCO. The molecule has 2 N–H and O–H groups in total. The zero-order chi connectivity index (χ0) is 7.70. The van der Waals surface area contributed by atoms with Gasteiger partial charge in [-0.05, 0) is 0 Å². The standard InChI is InChI=1S/C2H3BrO2.C2H6O2/c1-2(4)5-3;3-1-2-4/h1H3;3-4H,1-2H2. The van der Waals surface area contributed by atoms with Crippen molar-refractivity contribution in [1.82, 2.24) is 0 Å². The molecule has 0 atom stereocenters. The molecule has 0 aromatic carbocycles. The molecule has 0 fully saturated rings. The lowest BCUT2D eigenvalue weighted by Gasteiger charge is -1.75. The highest BCUT2D eigenvalue weighted by atomic mass is 79.9. The Hall–Kier alpha value is -0.130. The van der Waals surface area contributed by atoms with Crippen LogP contribution in [-0.2, 0) is 8.62 Å². The van der Waals surface area contributed by atoms with Crippen molar-refractivity contribution in [2.75, 3.05) is 13.2 Å². The molecule has 0 radical (unpaired) electrons. The number of carbonyl (C=O) groups excluding carboxylic acids is 1. The lowest BCUT2D eigenvalue weighted by molar-refractivity contribution is -0.129. The van der Waals surface area contributed by atoms with Crippen LogP contribution in [0.25, 0.3) is 0 Å². The van der Waals surface area contributed by atoms with Gasteiger partial charge in [0.2, 0.25) is 0 Å². The van der Waals surface area contributed by atoms with Gasteiger partial charge in [-0.1, -0.05) is 0 Å². The summed E-state index contributed by atoms with van der Waals surface area (Å²) in [6.45, 7) is 1.06. The zero-order valence-corrected chi connectivity index (χ0v) is 6.59. The van der Waals surface area contributed by atoms with Crippen LogP contribution in [0.3, 0.4) is 0 Å². The van der Waals surface area contributed by atoms with Crippen LogP contribution in [0.1, 0.15) is 6.92 Å². The van der Waals surface area contributed by atoms with E-state index in [0.29, 0.717) is 0 Å². The van der Waals surface area contributed by atoms with E-state index in [4.69, 9.17) is 10.2 Å². The Morgan fingerprint density at radius 2 is 1.78 bits per heavy atom. The third kappa shape index (κ3) is 32.9. The molecule has 0 aliphatic rings. The van der Waals surface area contributed by atoms with Crippen LogP contribution in [0.5, 0.6) is 0 Å². The molecule has 0 unspecified atom stereocenters. The largest absolute Gasteiger partial charge is 0.394 e. The Bertz CT molecular complexity index is 63.6. The Balaban J connectivity index is 0. The second-order valence-electron chi connectivity index (χ2n) is 1.02. The average Bonchev–Trinajstić information content (AvgIpc) is 1.89. The Labute approximate surface area is 61.9 Å². The monoisotopic (exact) mass is 200 g/mol. The third-order valence-corrected chi connectivity index (χ3v) is 0.665. The number of carbonyl (C=O) groups is 1. The molecule has 0 heterocycles. The highest BCUT2D eigenvalue weighted by molar-refractivity contribution is 9.06. The van der Waals surface area contributed by atoms with E-state index in [9.17, 15) is 4.79 Å². The molecule has 0 aliphatic heterocycles. The summed E-state index contributed by atoms with van der Waals surface area (Å²) in [7, 11) is 0. The summed E-state index contributed by atoms with van der Waals surface area (Å²) in [6.07, 6.45) is 0. The first-order chi connectivity index (χ1) is 4.18. The van der Waals surface area contributed by atoms with E-state index < -0.39 is 0 Å². The van der Waals surface area contributed by atoms with Crippen LogP contribution >= 0.6 is 16.3 Å². The van der Waals surface area contributed by atoms with Crippen LogP contribution in [0.2, 0.25) is 0 Å². The predicted octanol–water partition coefficient (Wildman–Crippen LogP) is -0.170. The minimum Gasteiger partial charge on any atom is -0.394 e. The van der Waals surface area contributed by atoms with Gasteiger partial charge >= 0.3 is 5.97 Å². The first kappa shape index (κ1) is 11.6. The van der Waals surface area contributed by atoms with Gasteiger partial charge < -0.3 is 14.0 Å². The summed E-state index contributed by atoms with van der Waals surface area (Å²) in [5, 5.41) is 15.2. The Kier molecular flexibility index (Phi) is 13.9. The van der Waals surface area contributed by atoms with Crippen molar-refractivity contribution < 1.29 is 18.8 Å². The summed E-state index contributed by atoms with van der Waals surface area (Å²) < 4.78 is 3.92. The predicted molar refractivity (Wildman–Crippen MR) is 34.9 cm³/mol. The molecule has 0 aliphatic carbocycles. The lowest BCUT2D eigenvalue weighted by Crippen LogP contribution is -1.85. The topological polar surface area (TPSA) is 66.8 Å². The fourth-order valence-corrected chi connectivity index (χ4v) is 0. The molecule has 9 heavy (non-hydrogen) atoms. The van der Waals surface area contributed by atoms with E-state index in [1.165, 1.54) is 6.92 Å². The molecular weight excluding hydrogens is 192 g/mol. The molecule has 0 spiro atoms. The molecule has 0 rings (SSSR count). The van der Waals surface area contributed by atoms with Crippen LogP contribution < -0.4 is 0 Å². The smallest absolute Gasteiger partial charge is 0.314 e. The minimum absolute atomic E-state index is 0.125. The molecule has 0 amide bonds. The third-order valence-electron chi connectivity index (χ3n) is 0.209. The van der Waals surface area contributed by atoms with Crippen molar-refractivity contribution >= 4 is 22.2 Å². The number of rotatable bonds is 1. The van der Waals surface area contributed by atoms with E-state index in [2.05, 4.69) is 20.1 Å². The average molecular weight is 201 g/mol. The fourth-order valence-electron chi connectivity index (χ4n) is 0. The second-order valence-corrected chi connectivity index (χ2v) is 1.34. The van der Waals surface area contributed by atoms with Gasteiger partial charge in [-0.3, -0.25) is 4.79 Å². The van der Waals surface area contributed by atoms with Gasteiger partial charge in [0.15, 0.2) is 16.3 Å². The highest BCUT2D eigenvalue weighted by Gasteiger charge is 1.78. The van der Waals surface area contributed by atoms with Gasteiger partial charge in [0.25, 0.3) is 0 Å². The molecule has 0 saturated carbocycles. The number of aliphatic hydroxyl groups is 2. The normalized spacial score (nSPS) is 7.11. The highest BCUT2D eigenvalue weighted by Crippen LogP contribution is 1.80. The molecule has 0 saturated heterocycles. The lowest BCUT2D eigenvalue weighted by atomic mass is 10.8. The Morgan fingerprint density at radius 3 is 1.78 bits per heavy atom. The Morgan fingerprint density at radius 1 is 1.56 bits per heavy atom. The number of hydrogen-bond acceptors (Lipinski definition) is 4. The maximum absolute atomic E-state index is 9.54. The summed E-state index contributed by atoms with van der Waals surface area (Å²) >= 11 is 2.46. The fraction of sp³-hybridized carbons (Fsp3) is 0.750. The van der Waals surface area contributed by atoms with Gasteiger partial charge in [-0.2, -0.15) is 0 Å². The van der Waals surface area contributed by atoms with Gasteiger partial charge in [-0.15, -0.1) is 0 Å². The minimum atomic E-state index is -0.329. The first-order valence-electron chi connectivity index (χ1n) is 2.20. The van der Waals surface area contributed by atoms with E-state index in [0.717, 1.165) is 0 Å². The van der Waals surface area contributed by atoms with Crippen molar-refractivity contribution in [3.05, 3.63) is 0 Å². The van der Waals surface area contributed by atoms with Gasteiger partial charge in [-0.25, -0.2) is 0 Å². The van der Waals surface area contributed by atoms with Crippen molar-refractivity contribution in [2.24, 2.45) is 0 Å². The van der Waals surface area contributed by atoms with Crippen molar-refractivity contribution in [1.29, 1.82) is 0 Å². The summed E-state index contributed by atoms with van der Waals surface area (Å²) in [4.78, 5) is 9.54. The van der Waals surface area contributed by atoms with Crippen LogP contribution in [0, 0.1) is 0 Å². The first-order valence-corrected chi connectivity index (χ1v) is 2.84. The van der Waals surface area contributed by atoms with E-state index >= 15 is 0 Å². The van der Waals surface area contributed by atoms with Crippen molar-refractivity contribution in [3.63, 3.8) is 0 Å². The molecule has 0 aromatic rings. The van der Waals surface area contributed by atoms with Crippen LogP contribution in [-0.4, -0.2) is 29.4 Å². The van der Waals surface area contributed by atoms with E-state index in [1.807, 2.05) is 0 Å². The van der Waals surface area contributed by atoms with Crippen LogP contribution in [0.4, 0.5) is 0 Å². The summed E-state index contributed by atoms with van der Waals surface area (Å²) in [6, 6.07) is 0. The van der Waals surface area contributed by atoms with Crippen molar-refractivity contribution in [3.8, 4) is 0 Å². The van der Waals surface area contributed by atoms with Crippen molar-refractivity contribution in [2.45, 2.75) is 6.92 Å². The summed E-state index contributed by atoms with van der Waals surface area (Å²) in [5.74, 6) is -0.329. The van der Waals surface area contributed by atoms with Gasteiger partial charge in [0, 0.05) is 6.92 Å². The molecule has 5 heteroatoms. The second kappa shape index (κ2) is 10.8. The van der Waals surface area contributed by atoms with E-state index in [-0.39, 0.29) is 19.2 Å². The van der Waals surface area contributed by atoms with Gasteiger partial charge in [0.1, 0.15) is 0 Å². The maximum Gasteiger partial charge on any atom is 0.314 e. The molecule has 0 bridgehead atoms. The van der Waals surface area contributed by atoms with Crippen LogP contribution in [0.15, 0.2) is 0 Å². The van der Waals surface area contributed by atoms with Gasteiger partial charge in [0.05, 0.1) is 13.2 Å². The van der Waals surface area contributed by atoms with E-state index in [1.54, 1.807) is 0 Å². The molecule has 4 nitrogen and oxygen atoms in total. The molecule has 0 aromatic heterocycles. The summed E-state index contributed by atoms with van der Waals surface area (Å²) in [5.41, 5.74) is 0. The number of aliphatic hydroxyl groups excluding tert-OH is 2. The zero-order valence-electron chi connectivity index (χ0n) is 5.00. The maximum atomic E-state index is 9.54. The molecular formula is C4H9BrO4.